The molecule has 0 N–H and O–H groups in total. The zero-order valence-corrected chi connectivity index (χ0v) is 11.4. The van der Waals surface area contributed by atoms with Gasteiger partial charge in [0, 0.05) is 24.7 Å². The second-order valence-corrected chi connectivity index (χ2v) is 5.94. The average molecular weight is 245 g/mol. The monoisotopic (exact) mass is 245 g/mol. The van der Waals surface area contributed by atoms with Gasteiger partial charge in [-0.25, -0.2) is 0 Å². The van der Waals surface area contributed by atoms with Crippen molar-refractivity contribution in [2.75, 3.05) is 0 Å². The van der Waals surface area contributed by atoms with Crippen molar-refractivity contribution in [2.45, 2.75) is 46.0 Å². The summed E-state index contributed by atoms with van der Waals surface area (Å²) < 4.78 is 0. The lowest BCUT2D eigenvalue weighted by Crippen LogP contribution is -2.26. The Hall–Kier alpha value is -1.18. The molecule has 0 spiro atoms. The number of rotatable bonds is 4. The maximum atomic E-state index is 12.2. The first-order valence-corrected chi connectivity index (χ1v) is 7.06. The Morgan fingerprint density at radius 3 is 2.39 bits per heavy atom. The molecule has 0 amide bonds. The summed E-state index contributed by atoms with van der Waals surface area (Å²) in [5.74, 6) is 2.20. The van der Waals surface area contributed by atoms with Crippen LogP contribution in [-0.2, 0) is 11.2 Å². The van der Waals surface area contributed by atoms with Gasteiger partial charge in [0.2, 0.25) is 0 Å². The third-order valence-electron chi connectivity index (χ3n) is 4.04. The second kappa shape index (κ2) is 6.12. The third-order valence-corrected chi connectivity index (χ3v) is 4.04. The van der Waals surface area contributed by atoms with Gasteiger partial charge in [0.15, 0.2) is 0 Å². The molecule has 0 aromatic carbocycles. The van der Waals surface area contributed by atoms with E-state index in [9.17, 15) is 4.79 Å². The van der Waals surface area contributed by atoms with Gasteiger partial charge in [-0.1, -0.05) is 13.8 Å². The third kappa shape index (κ3) is 3.66. The number of aromatic nitrogens is 1. The molecule has 1 aromatic heterocycles. The van der Waals surface area contributed by atoms with Crippen molar-refractivity contribution in [1.82, 2.24) is 4.98 Å². The minimum atomic E-state index is 0.311. The van der Waals surface area contributed by atoms with E-state index in [2.05, 4.69) is 18.8 Å². The van der Waals surface area contributed by atoms with Crippen LogP contribution < -0.4 is 0 Å². The van der Waals surface area contributed by atoms with Crippen molar-refractivity contribution < 1.29 is 4.79 Å². The number of pyridine rings is 1. The highest BCUT2D eigenvalue weighted by atomic mass is 16.1. The molecule has 1 fully saturated rings. The van der Waals surface area contributed by atoms with Crippen molar-refractivity contribution in [3.05, 3.63) is 30.1 Å². The highest BCUT2D eigenvalue weighted by Gasteiger charge is 2.28. The summed E-state index contributed by atoms with van der Waals surface area (Å²) in [7, 11) is 0. The largest absolute Gasteiger partial charge is 0.299 e. The van der Waals surface area contributed by atoms with Gasteiger partial charge in [-0.2, -0.15) is 0 Å². The van der Waals surface area contributed by atoms with Crippen LogP contribution in [0.1, 0.15) is 45.1 Å². The van der Waals surface area contributed by atoms with Gasteiger partial charge in [-0.15, -0.1) is 0 Å². The van der Waals surface area contributed by atoms with E-state index >= 15 is 0 Å². The molecule has 2 heteroatoms. The minimum Gasteiger partial charge on any atom is -0.299 e. The molecule has 0 aliphatic heterocycles. The van der Waals surface area contributed by atoms with Gasteiger partial charge in [-0.3, -0.25) is 9.78 Å². The molecular formula is C16H23NO. The number of carbonyl (C=O) groups excluding carboxylic acids is 1. The molecule has 1 aliphatic rings. The van der Waals surface area contributed by atoms with Crippen LogP contribution in [0.5, 0.6) is 0 Å². The van der Waals surface area contributed by atoms with Crippen molar-refractivity contribution in [2.24, 2.45) is 17.8 Å². The molecule has 0 saturated heterocycles. The highest BCUT2D eigenvalue weighted by molar-refractivity contribution is 5.81. The average Bonchev–Trinajstić information content (AvgIpc) is 2.36. The normalized spacial score (nSPS) is 28.0. The lowest BCUT2D eigenvalue weighted by molar-refractivity contribution is -0.124. The topological polar surface area (TPSA) is 30.0 Å². The van der Waals surface area contributed by atoms with Crippen LogP contribution in [0.4, 0.5) is 0 Å². The Morgan fingerprint density at radius 2 is 1.78 bits per heavy atom. The van der Waals surface area contributed by atoms with E-state index in [4.69, 9.17) is 0 Å². The summed E-state index contributed by atoms with van der Waals surface area (Å²) in [6.07, 6.45) is 8.62. The molecule has 1 heterocycles. The van der Waals surface area contributed by atoms with Crippen molar-refractivity contribution >= 4 is 5.78 Å². The predicted molar refractivity (Wildman–Crippen MR) is 73.2 cm³/mol. The number of nitrogens with zero attached hydrogens (tertiary/aromatic N) is 1. The van der Waals surface area contributed by atoms with Gasteiger partial charge in [0.25, 0.3) is 0 Å². The van der Waals surface area contributed by atoms with E-state index in [0.717, 1.165) is 19.3 Å². The fraction of sp³-hybridized carbons (Fsp3) is 0.625. The Kier molecular flexibility index (Phi) is 4.51. The molecule has 1 aliphatic carbocycles. The van der Waals surface area contributed by atoms with E-state index in [1.165, 1.54) is 12.0 Å². The summed E-state index contributed by atoms with van der Waals surface area (Å²) in [5.41, 5.74) is 1.22. The lowest BCUT2D eigenvalue weighted by Gasteiger charge is -2.30. The van der Waals surface area contributed by atoms with Gasteiger partial charge in [0.05, 0.1) is 0 Å². The van der Waals surface area contributed by atoms with E-state index in [1.54, 1.807) is 12.4 Å². The van der Waals surface area contributed by atoms with E-state index in [0.29, 0.717) is 30.0 Å². The van der Waals surface area contributed by atoms with Crippen LogP contribution in [-0.4, -0.2) is 10.8 Å². The molecule has 1 aromatic rings. The van der Waals surface area contributed by atoms with Crippen LogP contribution >= 0.6 is 0 Å². The molecule has 2 unspecified atom stereocenters. The Labute approximate surface area is 110 Å². The molecule has 2 nitrogen and oxygen atoms in total. The van der Waals surface area contributed by atoms with Crippen molar-refractivity contribution in [3.63, 3.8) is 0 Å². The van der Waals surface area contributed by atoms with Crippen LogP contribution in [0.2, 0.25) is 0 Å². The zero-order chi connectivity index (χ0) is 13.0. The summed E-state index contributed by atoms with van der Waals surface area (Å²) in [6, 6.07) is 4.00. The molecule has 1 saturated carbocycles. The Balaban J connectivity index is 1.84. The number of Topliss-reactive ketones (excluding diaryl/α,β-unsaturated/α-hetero) is 1. The molecule has 98 valence electrons. The fourth-order valence-electron chi connectivity index (χ4n) is 3.23. The minimum absolute atomic E-state index is 0.311. The van der Waals surface area contributed by atoms with Gasteiger partial charge in [0.1, 0.15) is 5.78 Å². The predicted octanol–water partition coefficient (Wildman–Crippen LogP) is 3.66. The number of aryl methyl sites for hydroxylation is 1. The lowest BCUT2D eigenvalue weighted by atomic mass is 9.74. The van der Waals surface area contributed by atoms with Gasteiger partial charge in [-0.05, 0) is 55.2 Å². The van der Waals surface area contributed by atoms with Crippen LogP contribution in [0, 0.1) is 17.8 Å². The second-order valence-electron chi connectivity index (χ2n) is 5.94. The quantitative estimate of drug-likeness (QED) is 0.810. The van der Waals surface area contributed by atoms with Crippen LogP contribution in [0.25, 0.3) is 0 Å². The molecular weight excluding hydrogens is 222 g/mol. The van der Waals surface area contributed by atoms with Crippen LogP contribution in [0.3, 0.4) is 0 Å². The first kappa shape index (κ1) is 13.3. The molecule has 2 rings (SSSR count). The first-order chi connectivity index (χ1) is 8.65. The maximum absolute atomic E-state index is 12.2. The van der Waals surface area contributed by atoms with E-state index in [-0.39, 0.29) is 0 Å². The summed E-state index contributed by atoms with van der Waals surface area (Å²) in [5, 5.41) is 0. The SMILES string of the molecule is CC1CC(C)CC(C(=O)CCc2ccncc2)C1. The number of ketones is 1. The van der Waals surface area contributed by atoms with E-state index in [1.807, 2.05) is 12.1 Å². The van der Waals surface area contributed by atoms with Gasteiger partial charge >= 0.3 is 0 Å². The standard InChI is InChI=1S/C16H23NO/c1-12-9-13(2)11-15(10-12)16(18)4-3-14-5-7-17-8-6-14/h5-8,12-13,15H,3-4,9-11H2,1-2H3. The summed E-state index contributed by atoms with van der Waals surface area (Å²) >= 11 is 0. The molecule has 0 bridgehead atoms. The van der Waals surface area contributed by atoms with E-state index < -0.39 is 0 Å². The first-order valence-electron chi connectivity index (χ1n) is 7.06. The molecule has 0 radical (unpaired) electrons. The summed E-state index contributed by atoms with van der Waals surface area (Å²) in [6.45, 7) is 4.55. The number of hydrogen-bond acceptors (Lipinski definition) is 2. The summed E-state index contributed by atoms with van der Waals surface area (Å²) in [4.78, 5) is 16.2. The molecule has 2 atom stereocenters. The smallest absolute Gasteiger partial charge is 0.136 e. The zero-order valence-electron chi connectivity index (χ0n) is 11.4. The highest BCUT2D eigenvalue weighted by Crippen LogP contribution is 2.33. The van der Waals surface area contributed by atoms with Crippen molar-refractivity contribution in [3.8, 4) is 0 Å². The number of carbonyl (C=O) groups is 1. The van der Waals surface area contributed by atoms with Gasteiger partial charge < -0.3 is 0 Å². The molecule has 18 heavy (non-hydrogen) atoms. The Morgan fingerprint density at radius 1 is 1.17 bits per heavy atom. The maximum Gasteiger partial charge on any atom is 0.136 e. The Bertz CT molecular complexity index is 377. The van der Waals surface area contributed by atoms with Crippen LogP contribution in [0.15, 0.2) is 24.5 Å². The fourth-order valence-corrected chi connectivity index (χ4v) is 3.23. The number of hydrogen-bond donors (Lipinski definition) is 0. The van der Waals surface area contributed by atoms with Crippen molar-refractivity contribution in [1.29, 1.82) is 0 Å².